The first kappa shape index (κ1) is 23.5. The third kappa shape index (κ3) is 5.12. The van der Waals surface area contributed by atoms with E-state index in [1.807, 2.05) is 47.9 Å². The van der Waals surface area contributed by atoms with Crippen molar-refractivity contribution in [1.29, 1.82) is 0 Å². The van der Waals surface area contributed by atoms with Crippen molar-refractivity contribution >= 4 is 34.5 Å². The molecule has 0 fully saturated rings. The largest absolute Gasteiger partial charge is 0.467 e. The van der Waals surface area contributed by atoms with Crippen LogP contribution in [0.3, 0.4) is 0 Å². The quantitative estimate of drug-likeness (QED) is 0.270. The van der Waals surface area contributed by atoms with Gasteiger partial charge in [0, 0.05) is 24.0 Å². The van der Waals surface area contributed by atoms with Gasteiger partial charge in [-0.2, -0.15) is 0 Å². The molecule has 4 aromatic rings. The zero-order valence-corrected chi connectivity index (χ0v) is 19.8. The van der Waals surface area contributed by atoms with Crippen molar-refractivity contribution in [2.45, 2.75) is 44.1 Å². The minimum atomic E-state index is -0.406. The fraction of sp³-hybridized carbons (Fsp3) is 0.292. The van der Waals surface area contributed by atoms with Gasteiger partial charge < -0.3 is 14.9 Å². The van der Waals surface area contributed by atoms with Gasteiger partial charge in [-0.25, -0.2) is 4.79 Å². The lowest BCUT2D eigenvalue weighted by atomic mass is 10.0. The van der Waals surface area contributed by atoms with E-state index in [9.17, 15) is 9.59 Å². The number of carbonyl (C=O) groups excluding carboxylic acids is 2. The summed E-state index contributed by atoms with van der Waals surface area (Å²) in [6.45, 7) is 4.37. The van der Waals surface area contributed by atoms with Crippen molar-refractivity contribution in [2.24, 2.45) is 5.73 Å². The first-order chi connectivity index (χ1) is 16.5. The maximum absolute atomic E-state index is 12.8. The Hall–Kier alpha value is -3.66. The number of primary amides is 1. The van der Waals surface area contributed by atoms with Gasteiger partial charge in [0.25, 0.3) is 0 Å². The van der Waals surface area contributed by atoms with Crippen LogP contribution in [0.15, 0.2) is 52.2 Å². The molecule has 10 heteroatoms. The standard InChI is InChI=1S/C24H25N5O4S/c1-3-32-23(31)22-15(2)17-8-4-5-9-18(17)26-19(22)14-34-24-28-27-21(11-10-20(25)30)29(24)13-16-7-6-12-33-16/h4-9,12H,3,10-11,13-14H2,1-2H3,(H2,25,30). The maximum Gasteiger partial charge on any atom is 0.340 e. The van der Waals surface area contributed by atoms with Gasteiger partial charge in [-0.15, -0.1) is 10.2 Å². The molecule has 0 aliphatic carbocycles. The highest BCUT2D eigenvalue weighted by molar-refractivity contribution is 7.98. The summed E-state index contributed by atoms with van der Waals surface area (Å²) in [6, 6.07) is 11.4. The number of ether oxygens (including phenoxy) is 1. The van der Waals surface area contributed by atoms with E-state index in [2.05, 4.69) is 10.2 Å². The Bertz CT molecular complexity index is 1320. The summed E-state index contributed by atoms with van der Waals surface area (Å²) in [7, 11) is 0. The number of rotatable bonds is 10. The number of hydrogen-bond acceptors (Lipinski definition) is 8. The molecule has 0 atom stereocenters. The summed E-state index contributed by atoms with van der Waals surface area (Å²) in [6.07, 6.45) is 2.13. The molecule has 0 spiro atoms. The molecular weight excluding hydrogens is 454 g/mol. The van der Waals surface area contributed by atoms with Gasteiger partial charge in [0.2, 0.25) is 5.91 Å². The Morgan fingerprint density at radius 3 is 2.74 bits per heavy atom. The van der Waals surface area contributed by atoms with Crippen molar-refractivity contribution in [1.82, 2.24) is 19.7 Å². The number of furan rings is 1. The first-order valence-corrected chi connectivity index (χ1v) is 11.9. The third-order valence-electron chi connectivity index (χ3n) is 5.33. The van der Waals surface area contributed by atoms with E-state index >= 15 is 0 Å². The zero-order valence-electron chi connectivity index (χ0n) is 19.0. The average molecular weight is 480 g/mol. The first-order valence-electron chi connectivity index (χ1n) is 10.9. The highest BCUT2D eigenvalue weighted by atomic mass is 32.2. The number of aromatic nitrogens is 4. The summed E-state index contributed by atoms with van der Waals surface area (Å²) >= 11 is 1.41. The average Bonchev–Trinajstić information content (AvgIpc) is 3.47. The molecule has 0 aliphatic heterocycles. The van der Waals surface area contributed by atoms with Gasteiger partial charge in [0.05, 0.1) is 36.2 Å². The van der Waals surface area contributed by atoms with E-state index in [4.69, 9.17) is 19.9 Å². The molecule has 0 bridgehead atoms. The predicted molar refractivity (Wildman–Crippen MR) is 127 cm³/mol. The molecule has 2 N–H and O–H groups in total. The third-order valence-corrected chi connectivity index (χ3v) is 6.31. The van der Waals surface area contributed by atoms with Gasteiger partial charge in [-0.1, -0.05) is 30.0 Å². The maximum atomic E-state index is 12.8. The van der Waals surface area contributed by atoms with E-state index in [0.717, 1.165) is 22.2 Å². The van der Waals surface area contributed by atoms with Crippen LogP contribution in [0.25, 0.3) is 10.9 Å². The van der Waals surface area contributed by atoms with E-state index in [0.29, 0.717) is 41.0 Å². The molecule has 0 unspecified atom stereocenters. The zero-order chi connectivity index (χ0) is 24.1. The summed E-state index contributed by atoms with van der Waals surface area (Å²) in [4.78, 5) is 28.9. The fourth-order valence-corrected chi connectivity index (χ4v) is 4.61. The Balaban J connectivity index is 1.67. The molecule has 0 aliphatic rings. The highest BCUT2D eigenvalue weighted by Crippen LogP contribution is 2.29. The highest BCUT2D eigenvalue weighted by Gasteiger charge is 2.22. The van der Waals surface area contributed by atoms with Crippen LogP contribution >= 0.6 is 11.8 Å². The summed E-state index contributed by atoms with van der Waals surface area (Å²) < 4.78 is 12.7. The van der Waals surface area contributed by atoms with Crippen LogP contribution < -0.4 is 5.73 Å². The van der Waals surface area contributed by atoms with Gasteiger partial charge in [-0.3, -0.25) is 14.3 Å². The monoisotopic (exact) mass is 479 g/mol. The Morgan fingerprint density at radius 2 is 2.00 bits per heavy atom. The second-order valence-electron chi connectivity index (χ2n) is 7.62. The smallest absolute Gasteiger partial charge is 0.340 e. The molecule has 0 radical (unpaired) electrons. The van der Waals surface area contributed by atoms with Crippen LogP contribution in [-0.4, -0.2) is 38.2 Å². The van der Waals surface area contributed by atoms with E-state index in [1.54, 1.807) is 13.2 Å². The summed E-state index contributed by atoms with van der Waals surface area (Å²) in [5.41, 5.74) is 8.05. The number of esters is 1. The molecule has 0 saturated carbocycles. The molecule has 3 heterocycles. The molecule has 34 heavy (non-hydrogen) atoms. The predicted octanol–water partition coefficient (Wildman–Crippen LogP) is 3.66. The molecule has 1 amide bonds. The van der Waals surface area contributed by atoms with Crippen molar-refractivity contribution in [2.75, 3.05) is 6.61 Å². The lowest BCUT2D eigenvalue weighted by Crippen LogP contribution is -2.14. The number of nitrogens with two attached hydrogens (primary N) is 1. The van der Waals surface area contributed by atoms with Gasteiger partial charge in [0.15, 0.2) is 5.16 Å². The van der Waals surface area contributed by atoms with Crippen LogP contribution in [0.5, 0.6) is 0 Å². The van der Waals surface area contributed by atoms with E-state index in [1.165, 1.54) is 11.8 Å². The molecule has 3 aromatic heterocycles. The van der Waals surface area contributed by atoms with Gasteiger partial charge >= 0.3 is 5.97 Å². The lowest BCUT2D eigenvalue weighted by Gasteiger charge is -2.14. The van der Waals surface area contributed by atoms with Crippen LogP contribution in [0.4, 0.5) is 0 Å². The van der Waals surface area contributed by atoms with Crippen molar-refractivity contribution in [3.63, 3.8) is 0 Å². The minimum absolute atomic E-state index is 0.166. The van der Waals surface area contributed by atoms with Crippen LogP contribution in [-0.2, 0) is 28.2 Å². The number of nitrogens with zero attached hydrogens (tertiary/aromatic N) is 4. The number of para-hydroxylation sites is 1. The molecule has 1 aromatic carbocycles. The van der Waals surface area contributed by atoms with Gasteiger partial charge in [-0.05, 0) is 37.6 Å². The molecule has 176 valence electrons. The SMILES string of the molecule is CCOC(=O)c1c(CSc2nnc(CCC(N)=O)n2Cc2ccco2)nc2ccccc2c1C. The Kier molecular flexibility index (Phi) is 7.27. The van der Waals surface area contributed by atoms with Crippen LogP contribution in [0.1, 0.15) is 46.5 Å². The number of thioether (sulfide) groups is 1. The number of fused-ring (bicyclic) bond motifs is 1. The Labute approximate surface area is 200 Å². The normalized spacial score (nSPS) is 11.1. The number of pyridine rings is 1. The van der Waals surface area contributed by atoms with Crippen molar-refractivity contribution < 1.29 is 18.7 Å². The summed E-state index contributed by atoms with van der Waals surface area (Å²) in [5, 5.41) is 10.1. The fourth-order valence-electron chi connectivity index (χ4n) is 3.72. The minimum Gasteiger partial charge on any atom is -0.467 e. The lowest BCUT2D eigenvalue weighted by molar-refractivity contribution is -0.118. The number of benzene rings is 1. The van der Waals surface area contributed by atoms with Crippen LogP contribution in [0, 0.1) is 6.92 Å². The molecule has 0 saturated heterocycles. The number of amides is 1. The topological polar surface area (TPSA) is 126 Å². The second-order valence-corrected chi connectivity index (χ2v) is 8.56. The Morgan fingerprint density at radius 1 is 1.18 bits per heavy atom. The number of hydrogen-bond donors (Lipinski definition) is 1. The van der Waals surface area contributed by atoms with E-state index in [-0.39, 0.29) is 13.0 Å². The number of carbonyl (C=O) groups is 2. The molecule has 9 nitrogen and oxygen atoms in total. The van der Waals surface area contributed by atoms with E-state index < -0.39 is 11.9 Å². The van der Waals surface area contributed by atoms with Gasteiger partial charge in [0.1, 0.15) is 11.6 Å². The van der Waals surface area contributed by atoms with Crippen molar-refractivity contribution in [3.8, 4) is 0 Å². The van der Waals surface area contributed by atoms with Crippen LogP contribution in [0.2, 0.25) is 0 Å². The second kappa shape index (κ2) is 10.5. The molecular formula is C24H25N5O4S. The number of aryl methyl sites for hydroxylation is 2. The van der Waals surface area contributed by atoms with Crippen molar-refractivity contribution in [3.05, 3.63) is 71.1 Å². The summed E-state index contributed by atoms with van der Waals surface area (Å²) in [5.74, 6) is 0.941. The molecule has 4 rings (SSSR count).